The van der Waals surface area contributed by atoms with Crippen LogP contribution in [0, 0.1) is 11.8 Å². The summed E-state index contributed by atoms with van der Waals surface area (Å²) in [7, 11) is 4.30. The van der Waals surface area contributed by atoms with E-state index in [1.165, 1.54) is 32.5 Å². The van der Waals surface area contributed by atoms with Crippen LogP contribution >= 0.6 is 12.6 Å². The first kappa shape index (κ1) is 17.3. The maximum Gasteiger partial charge on any atom is 0.0109 e. The van der Waals surface area contributed by atoms with Crippen molar-refractivity contribution in [2.24, 2.45) is 11.8 Å². The molecule has 0 aromatic heterocycles. The van der Waals surface area contributed by atoms with Crippen LogP contribution in [0.25, 0.3) is 0 Å². The zero-order chi connectivity index (χ0) is 13.3. The van der Waals surface area contributed by atoms with Gasteiger partial charge < -0.3 is 9.80 Å². The van der Waals surface area contributed by atoms with Crippen molar-refractivity contribution in [3.8, 4) is 0 Å². The maximum atomic E-state index is 4.31. The molecule has 0 amide bonds. The van der Waals surface area contributed by atoms with E-state index in [1.807, 2.05) is 0 Å². The molecule has 1 atom stereocenters. The second kappa shape index (κ2) is 10.2. The summed E-state index contributed by atoms with van der Waals surface area (Å²) >= 11 is 4.31. The molecule has 0 saturated heterocycles. The van der Waals surface area contributed by atoms with Gasteiger partial charge in [-0.05, 0) is 51.1 Å². The molecule has 0 bridgehead atoms. The van der Waals surface area contributed by atoms with E-state index in [4.69, 9.17) is 0 Å². The summed E-state index contributed by atoms with van der Waals surface area (Å²) in [5.74, 6) is 2.59. The number of likely N-dealkylation sites (N-methyl/N-ethyl adjacent to an activating group) is 1. The minimum atomic E-state index is 0.761. The molecular formula is C14H32N2S. The number of rotatable bonds is 10. The SMILES string of the molecule is CC(C)CN(CCC(C)CCS)CCN(C)C. The van der Waals surface area contributed by atoms with Gasteiger partial charge in [-0.1, -0.05) is 20.8 Å². The fourth-order valence-corrected chi connectivity index (χ4v) is 2.36. The van der Waals surface area contributed by atoms with Crippen molar-refractivity contribution in [2.75, 3.05) is 46.0 Å². The Hall–Kier alpha value is 0.270. The second-order valence-electron chi connectivity index (χ2n) is 5.90. The Morgan fingerprint density at radius 3 is 2.06 bits per heavy atom. The summed E-state index contributed by atoms with van der Waals surface area (Å²) < 4.78 is 0. The van der Waals surface area contributed by atoms with Crippen LogP contribution in [0.2, 0.25) is 0 Å². The van der Waals surface area contributed by atoms with E-state index in [1.54, 1.807) is 0 Å². The first-order chi connectivity index (χ1) is 7.95. The predicted octanol–water partition coefficient (Wildman–Crippen LogP) is 2.85. The monoisotopic (exact) mass is 260 g/mol. The molecule has 0 aliphatic rings. The van der Waals surface area contributed by atoms with Crippen LogP contribution in [0.4, 0.5) is 0 Å². The zero-order valence-corrected chi connectivity index (χ0v) is 13.3. The zero-order valence-electron chi connectivity index (χ0n) is 12.4. The fraction of sp³-hybridized carbons (Fsp3) is 1.00. The summed E-state index contributed by atoms with van der Waals surface area (Å²) in [6, 6.07) is 0. The molecule has 0 aliphatic carbocycles. The summed E-state index contributed by atoms with van der Waals surface area (Å²) in [6.07, 6.45) is 2.55. The molecule has 0 N–H and O–H groups in total. The normalized spacial score (nSPS) is 13.9. The molecule has 0 spiro atoms. The fourth-order valence-electron chi connectivity index (χ4n) is 1.92. The van der Waals surface area contributed by atoms with Crippen molar-refractivity contribution in [1.29, 1.82) is 0 Å². The minimum absolute atomic E-state index is 0.761. The van der Waals surface area contributed by atoms with Gasteiger partial charge in [-0.2, -0.15) is 12.6 Å². The van der Waals surface area contributed by atoms with Crippen LogP contribution < -0.4 is 0 Å². The van der Waals surface area contributed by atoms with Gasteiger partial charge in [0.05, 0.1) is 0 Å². The molecule has 0 aromatic carbocycles. The van der Waals surface area contributed by atoms with Crippen molar-refractivity contribution in [3.63, 3.8) is 0 Å². The van der Waals surface area contributed by atoms with Crippen LogP contribution in [0.15, 0.2) is 0 Å². The van der Waals surface area contributed by atoms with Gasteiger partial charge in [-0.3, -0.25) is 0 Å². The molecule has 0 rings (SSSR count). The van der Waals surface area contributed by atoms with Crippen molar-refractivity contribution < 1.29 is 0 Å². The average molecular weight is 260 g/mol. The third-order valence-corrected chi connectivity index (χ3v) is 3.31. The molecule has 3 heteroatoms. The van der Waals surface area contributed by atoms with Crippen molar-refractivity contribution in [1.82, 2.24) is 9.80 Å². The molecule has 0 heterocycles. The molecular weight excluding hydrogens is 228 g/mol. The van der Waals surface area contributed by atoms with E-state index in [9.17, 15) is 0 Å². The lowest BCUT2D eigenvalue weighted by Crippen LogP contribution is -2.35. The standard InChI is InChI=1S/C14H32N2S/c1-13(2)12-16(10-9-15(4)5)8-6-14(3)7-11-17/h13-14,17H,6-12H2,1-5H3. The third kappa shape index (κ3) is 11.1. The number of hydrogen-bond donors (Lipinski definition) is 1. The highest BCUT2D eigenvalue weighted by molar-refractivity contribution is 7.80. The molecule has 0 radical (unpaired) electrons. The Morgan fingerprint density at radius 1 is 0.941 bits per heavy atom. The second-order valence-corrected chi connectivity index (χ2v) is 6.35. The number of thiol groups is 1. The Kier molecular flexibility index (Phi) is 10.4. The van der Waals surface area contributed by atoms with E-state index in [2.05, 4.69) is 57.3 Å². The van der Waals surface area contributed by atoms with Gasteiger partial charge in [-0.25, -0.2) is 0 Å². The van der Waals surface area contributed by atoms with Crippen molar-refractivity contribution >= 4 is 12.6 Å². The highest BCUT2D eigenvalue weighted by atomic mass is 32.1. The van der Waals surface area contributed by atoms with Crippen LogP contribution in [-0.4, -0.2) is 55.8 Å². The van der Waals surface area contributed by atoms with Crippen molar-refractivity contribution in [2.45, 2.75) is 33.6 Å². The lowest BCUT2D eigenvalue weighted by Gasteiger charge is -2.27. The van der Waals surface area contributed by atoms with Gasteiger partial charge in [0, 0.05) is 19.6 Å². The van der Waals surface area contributed by atoms with Crippen LogP contribution in [-0.2, 0) is 0 Å². The average Bonchev–Trinajstić information content (AvgIpc) is 2.21. The van der Waals surface area contributed by atoms with Crippen molar-refractivity contribution in [3.05, 3.63) is 0 Å². The topological polar surface area (TPSA) is 6.48 Å². The Labute approximate surface area is 114 Å². The highest BCUT2D eigenvalue weighted by Gasteiger charge is 2.09. The Balaban J connectivity index is 3.91. The van der Waals surface area contributed by atoms with Crippen LogP contribution in [0.5, 0.6) is 0 Å². The summed E-state index contributed by atoms with van der Waals surface area (Å²) in [5, 5.41) is 0. The van der Waals surface area contributed by atoms with E-state index in [0.717, 1.165) is 24.1 Å². The van der Waals surface area contributed by atoms with Gasteiger partial charge in [0.2, 0.25) is 0 Å². The largest absolute Gasteiger partial charge is 0.308 e. The van der Waals surface area contributed by atoms with Gasteiger partial charge in [0.15, 0.2) is 0 Å². The smallest absolute Gasteiger partial charge is 0.0109 e. The maximum absolute atomic E-state index is 4.31. The first-order valence-corrected chi connectivity index (χ1v) is 7.56. The van der Waals surface area contributed by atoms with Crippen LogP contribution in [0.3, 0.4) is 0 Å². The number of hydrogen-bond acceptors (Lipinski definition) is 3. The van der Waals surface area contributed by atoms with Crippen LogP contribution in [0.1, 0.15) is 33.6 Å². The highest BCUT2D eigenvalue weighted by Crippen LogP contribution is 2.10. The molecule has 0 saturated carbocycles. The lowest BCUT2D eigenvalue weighted by atomic mass is 10.0. The Morgan fingerprint density at radius 2 is 1.59 bits per heavy atom. The molecule has 1 unspecified atom stereocenters. The molecule has 2 nitrogen and oxygen atoms in total. The van der Waals surface area contributed by atoms with E-state index in [0.29, 0.717) is 0 Å². The minimum Gasteiger partial charge on any atom is -0.308 e. The molecule has 104 valence electrons. The predicted molar refractivity (Wildman–Crippen MR) is 82.1 cm³/mol. The number of nitrogens with zero attached hydrogens (tertiary/aromatic N) is 2. The summed E-state index contributed by atoms with van der Waals surface area (Å²) in [5.41, 5.74) is 0. The van der Waals surface area contributed by atoms with Gasteiger partial charge in [0.1, 0.15) is 0 Å². The summed E-state index contributed by atoms with van der Waals surface area (Å²) in [6.45, 7) is 11.8. The molecule has 17 heavy (non-hydrogen) atoms. The molecule has 0 fully saturated rings. The van der Waals surface area contributed by atoms with E-state index in [-0.39, 0.29) is 0 Å². The van der Waals surface area contributed by atoms with Gasteiger partial charge >= 0.3 is 0 Å². The quantitative estimate of drug-likeness (QED) is 0.604. The lowest BCUT2D eigenvalue weighted by molar-refractivity contribution is 0.206. The first-order valence-electron chi connectivity index (χ1n) is 6.93. The molecule has 0 aliphatic heterocycles. The molecule has 0 aromatic rings. The van der Waals surface area contributed by atoms with Gasteiger partial charge in [0.25, 0.3) is 0 Å². The Bertz CT molecular complexity index is 172. The van der Waals surface area contributed by atoms with E-state index >= 15 is 0 Å². The van der Waals surface area contributed by atoms with Gasteiger partial charge in [-0.15, -0.1) is 0 Å². The third-order valence-electron chi connectivity index (χ3n) is 3.05. The van der Waals surface area contributed by atoms with E-state index < -0.39 is 0 Å². The summed E-state index contributed by atoms with van der Waals surface area (Å²) in [4.78, 5) is 4.88.